The molecular weight excluding hydrogens is 279 g/mol. The summed E-state index contributed by atoms with van der Waals surface area (Å²) in [7, 11) is 1.23. The minimum atomic E-state index is -3.90. The van der Waals surface area contributed by atoms with Gasteiger partial charge < -0.3 is 4.74 Å². The third-order valence-electron chi connectivity index (χ3n) is 3.13. The van der Waals surface area contributed by atoms with Crippen molar-refractivity contribution in [2.45, 2.75) is 30.6 Å². The van der Waals surface area contributed by atoms with Gasteiger partial charge in [-0.15, -0.1) is 0 Å². The summed E-state index contributed by atoms with van der Waals surface area (Å²) in [6.07, 6.45) is 4.60. The van der Waals surface area contributed by atoms with Crippen LogP contribution in [0, 0.1) is 11.7 Å². The second-order valence-corrected chi connectivity index (χ2v) is 7.06. The number of hydrogen-bond acceptors (Lipinski definition) is 3. The van der Waals surface area contributed by atoms with Crippen LogP contribution < -0.4 is 4.74 Å². The van der Waals surface area contributed by atoms with Crippen LogP contribution in [0.2, 0.25) is 0 Å². The van der Waals surface area contributed by atoms with Gasteiger partial charge in [-0.05, 0) is 37.0 Å². The highest BCUT2D eigenvalue weighted by Gasteiger charge is 2.17. The van der Waals surface area contributed by atoms with Crippen molar-refractivity contribution in [3.05, 3.63) is 24.0 Å². The van der Waals surface area contributed by atoms with E-state index < -0.39 is 14.9 Å². The highest BCUT2D eigenvalue weighted by molar-refractivity contribution is 8.13. The molecule has 0 aliphatic heterocycles. The summed E-state index contributed by atoms with van der Waals surface area (Å²) in [6.45, 7) is 0.476. The van der Waals surface area contributed by atoms with E-state index in [1.54, 1.807) is 0 Å². The molecule has 0 amide bonds. The van der Waals surface area contributed by atoms with Gasteiger partial charge in [-0.25, -0.2) is 12.8 Å². The molecule has 1 aliphatic rings. The van der Waals surface area contributed by atoms with Gasteiger partial charge in [0.1, 0.15) is 0 Å². The lowest BCUT2D eigenvalue weighted by molar-refractivity contribution is 0.242. The Morgan fingerprint density at radius 3 is 2.56 bits per heavy atom. The minimum Gasteiger partial charge on any atom is -0.490 e. The maximum atomic E-state index is 13.6. The topological polar surface area (TPSA) is 43.4 Å². The molecule has 100 valence electrons. The van der Waals surface area contributed by atoms with E-state index in [1.807, 2.05) is 0 Å². The van der Waals surface area contributed by atoms with E-state index in [2.05, 4.69) is 0 Å². The maximum Gasteiger partial charge on any atom is 0.261 e. The van der Waals surface area contributed by atoms with Gasteiger partial charge in [0, 0.05) is 10.7 Å². The molecule has 0 aromatic heterocycles. The molecule has 1 aliphatic carbocycles. The quantitative estimate of drug-likeness (QED) is 0.800. The van der Waals surface area contributed by atoms with Gasteiger partial charge in [0.15, 0.2) is 11.6 Å². The molecule has 1 saturated carbocycles. The van der Waals surface area contributed by atoms with Crippen molar-refractivity contribution in [3.8, 4) is 5.75 Å². The molecule has 0 spiro atoms. The molecule has 6 heteroatoms. The Morgan fingerprint density at radius 1 is 1.33 bits per heavy atom. The second-order valence-electron chi connectivity index (χ2n) is 4.49. The molecule has 0 bridgehead atoms. The van der Waals surface area contributed by atoms with Crippen LogP contribution in [-0.4, -0.2) is 15.0 Å². The molecular formula is C12H14ClFO3S. The van der Waals surface area contributed by atoms with Gasteiger partial charge in [-0.1, -0.05) is 12.8 Å². The third-order valence-corrected chi connectivity index (χ3v) is 4.49. The zero-order valence-electron chi connectivity index (χ0n) is 9.73. The molecule has 18 heavy (non-hydrogen) atoms. The molecule has 0 heterocycles. The molecule has 0 atom stereocenters. The lowest BCUT2D eigenvalue weighted by atomic mass is 10.1. The molecule has 0 saturated heterocycles. The largest absolute Gasteiger partial charge is 0.490 e. The SMILES string of the molecule is O=S(=O)(Cl)c1ccc(OCC2CCCC2)c(F)c1. The summed E-state index contributed by atoms with van der Waals surface area (Å²) in [5.41, 5.74) is 0. The van der Waals surface area contributed by atoms with E-state index in [-0.39, 0.29) is 10.6 Å². The Balaban J connectivity index is 2.05. The third kappa shape index (κ3) is 3.36. The molecule has 0 unspecified atom stereocenters. The Morgan fingerprint density at radius 2 is 2.00 bits per heavy atom. The lowest BCUT2D eigenvalue weighted by Crippen LogP contribution is -2.09. The van der Waals surface area contributed by atoms with E-state index in [4.69, 9.17) is 15.4 Å². The number of rotatable bonds is 4. The van der Waals surface area contributed by atoms with Crippen LogP contribution in [0.25, 0.3) is 0 Å². The smallest absolute Gasteiger partial charge is 0.261 e. The van der Waals surface area contributed by atoms with E-state index in [0.717, 1.165) is 18.9 Å². The first-order valence-electron chi connectivity index (χ1n) is 5.84. The minimum absolute atomic E-state index is 0.0750. The molecule has 1 fully saturated rings. The lowest BCUT2D eigenvalue weighted by Gasteiger charge is -2.12. The van der Waals surface area contributed by atoms with E-state index >= 15 is 0 Å². The van der Waals surface area contributed by atoms with Gasteiger partial charge in [0.05, 0.1) is 11.5 Å². The summed E-state index contributed by atoms with van der Waals surface area (Å²) in [4.78, 5) is -0.255. The summed E-state index contributed by atoms with van der Waals surface area (Å²) in [6, 6.07) is 3.43. The first-order chi connectivity index (χ1) is 8.47. The van der Waals surface area contributed by atoms with Gasteiger partial charge in [0.2, 0.25) is 0 Å². The Kier molecular flexibility index (Phi) is 4.12. The standard InChI is InChI=1S/C12H14ClFO3S/c13-18(15,16)10-5-6-12(11(14)7-10)17-8-9-3-1-2-4-9/h5-7,9H,1-4,8H2. The first kappa shape index (κ1) is 13.6. The Hall–Kier alpha value is -0.810. The zero-order valence-corrected chi connectivity index (χ0v) is 11.3. The van der Waals surface area contributed by atoms with Crippen molar-refractivity contribution in [3.63, 3.8) is 0 Å². The molecule has 0 radical (unpaired) electrons. The summed E-state index contributed by atoms with van der Waals surface area (Å²) in [5.74, 6) is -0.151. The van der Waals surface area contributed by atoms with Crippen molar-refractivity contribution >= 4 is 19.7 Å². The van der Waals surface area contributed by atoms with Gasteiger partial charge >= 0.3 is 0 Å². The van der Waals surface area contributed by atoms with E-state index in [1.165, 1.54) is 25.0 Å². The fraction of sp³-hybridized carbons (Fsp3) is 0.500. The van der Waals surface area contributed by atoms with Crippen molar-refractivity contribution in [1.82, 2.24) is 0 Å². The summed E-state index contributed by atoms with van der Waals surface area (Å²) < 4.78 is 41.0. The van der Waals surface area contributed by atoms with Crippen molar-refractivity contribution in [2.24, 2.45) is 5.92 Å². The van der Waals surface area contributed by atoms with E-state index in [9.17, 15) is 12.8 Å². The zero-order chi connectivity index (χ0) is 13.2. The van der Waals surface area contributed by atoms with Crippen LogP contribution in [0.1, 0.15) is 25.7 Å². The Labute approximate surface area is 110 Å². The normalized spacial score (nSPS) is 17.0. The number of ether oxygens (including phenoxy) is 1. The predicted octanol–water partition coefficient (Wildman–Crippen LogP) is 3.32. The highest BCUT2D eigenvalue weighted by atomic mass is 35.7. The van der Waals surface area contributed by atoms with Crippen LogP contribution in [0.4, 0.5) is 4.39 Å². The van der Waals surface area contributed by atoms with Crippen LogP contribution >= 0.6 is 10.7 Å². The van der Waals surface area contributed by atoms with Crippen molar-refractivity contribution in [2.75, 3.05) is 6.61 Å². The predicted molar refractivity (Wildman–Crippen MR) is 66.9 cm³/mol. The van der Waals surface area contributed by atoms with Crippen LogP contribution in [0.3, 0.4) is 0 Å². The molecule has 1 aromatic rings. The second kappa shape index (κ2) is 5.45. The molecule has 3 nitrogen and oxygen atoms in total. The maximum absolute atomic E-state index is 13.6. The number of halogens is 2. The van der Waals surface area contributed by atoms with Crippen molar-refractivity contribution in [1.29, 1.82) is 0 Å². The Bertz CT molecular complexity index is 524. The van der Waals surface area contributed by atoms with Crippen LogP contribution in [0.15, 0.2) is 23.1 Å². The van der Waals surface area contributed by atoms with Gasteiger partial charge in [-0.3, -0.25) is 0 Å². The number of benzene rings is 1. The fourth-order valence-electron chi connectivity index (χ4n) is 2.13. The highest BCUT2D eigenvalue weighted by Crippen LogP contribution is 2.27. The average molecular weight is 293 g/mol. The average Bonchev–Trinajstić information content (AvgIpc) is 2.79. The summed E-state index contributed by atoms with van der Waals surface area (Å²) in [5, 5.41) is 0. The fourth-order valence-corrected chi connectivity index (χ4v) is 2.90. The summed E-state index contributed by atoms with van der Waals surface area (Å²) >= 11 is 0. The number of hydrogen-bond donors (Lipinski definition) is 0. The molecule has 2 rings (SSSR count). The molecule has 1 aromatic carbocycles. The monoisotopic (exact) mass is 292 g/mol. The van der Waals surface area contributed by atoms with Crippen molar-refractivity contribution < 1.29 is 17.5 Å². The molecule has 0 N–H and O–H groups in total. The first-order valence-corrected chi connectivity index (χ1v) is 8.15. The van der Waals surface area contributed by atoms with E-state index in [0.29, 0.717) is 12.5 Å². The van der Waals surface area contributed by atoms with Gasteiger partial charge in [-0.2, -0.15) is 0 Å². The van der Waals surface area contributed by atoms with Crippen LogP contribution in [0.5, 0.6) is 5.75 Å². The van der Waals surface area contributed by atoms with Crippen LogP contribution in [-0.2, 0) is 9.05 Å². The van der Waals surface area contributed by atoms with Gasteiger partial charge in [0.25, 0.3) is 9.05 Å².